The number of ether oxygens (including phenoxy) is 1. The van der Waals surface area contributed by atoms with Gasteiger partial charge < -0.3 is 9.72 Å². The van der Waals surface area contributed by atoms with Gasteiger partial charge >= 0.3 is 5.97 Å². The van der Waals surface area contributed by atoms with Crippen LogP contribution < -0.4 is 0 Å². The monoisotopic (exact) mass is 441 g/mol. The minimum Gasteiger partial charge on any atom is -0.465 e. The molecule has 5 aromatic rings. The summed E-state index contributed by atoms with van der Waals surface area (Å²) in [6.45, 7) is 0. The second kappa shape index (κ2) is 7.83. The van der Waals surface area contributed by atoms with Gasteiger partial charge in [-0.15, -0.1) is 0 Å². The van der Waals surface area contributed by atoms with E-state index in [0.29, 0.717) is 49.8 Å². The van der Waals surface area contributed by atoms with Crippen LogP contribution in [-0.4, -0.2) is 28.0 Å². The third-order valence-corrected chi connectivity index (χ3v) is 5.58. The zero-order valence-corrected chi connectivity index (χ0v) is 17.3. The Morgan fingerprint density at radius 3 is 2.52 bits per heavy atom. The smallest absolute Gasteiger partial charge is 0.337 e. The number of nitrogens with zero attached hydrogens (tertiary/aromatic N) is 2. The maximum absolute atomic E-state index is 15.0. The molecule has 0 radical (unpaired) electrons. The number of halogens is 1. The van der Waals surface area contributed by atoms with E-state index >= 15 is 4.39 Å². The van der Waals surface area contributed by atoms with Gasteiger partial charge in [-0.2, -0.15) is 0 Å². The normalized spacial score (nSPS) is 11.1. The Morgan fingerprint density at radius 1 is 1.06 bits per heavy atom. The van der Waals surface area contributed by atoms with E-state index in [0.717, 1.165) is 0 Å². The van der Waals surface area contributed by atoms with Crippen molar-refractivity contribution in [3.8, 4) is 22.3 Å². The SMILES string of the molecule is COC(=O)c1ccc(-c2cnc3[nH]c4ccc([N+](=O)[O-])cc4c3c2-c2ccccc2F)cc1. The number of carbonyl (C=O) groups excluding carboxylic acids is 1. The van der Waals surface area contributed by atoms with Crippen molar-refractivity contribution in [1.82, 2.24) is 9.97 Å². The van der Waals surface area contributed by atoms with Crippen molar-refractivity contribution in [3.05, 3.63) is 94.4 Å². The average Bonchev–Trinajstić information content (AvgIpc) is 3.21. The average molecular weight is 441 g/mol. The zero-order valence-electron chi connectivity index (χ0n) is 17.3. The van der Waals surface area contributed by atoms with E-state index in [1.54, 1.807) is 54.7 Å². The minimum absolute atomic E-state index is 0.0734. The van der Waals surface area contributed by atoms with Gasteiger partial charge in [0.25, 0.3) is 5.69 Å². The quantitative estimate of drug-likeness (QED) is 0.213. The number of nitro benzene ring substituents is 1. The molecule has 3 aromatic carbocycles. The number of non-ortho nitro benzene ring substituents is 1. The van der Waals surface area contributed by atoms with Gasteiger partial charge in [0.15, 0.2) is 0 Å². The predicted octanol–water partition coefficient (Wildman–Crippen LogP) is 5.88. The van der Waals surface area contributed by atoms with Crippen molar-refractivity contribution in [3.63, 3.8) is 0 Å². The number of rotatable bonds is 4. The number of esters is 1. The van der Waals surface area contributed by atoms with E-state index in [1.807, 2.05) is 0 Å². The fraction of sp³-hybridized carbons (Fsp3) is 0.0400. The molecule has 0 aliphatic heterocycles. The number of hydrogen-bond donors (Lipinski definition) is 1. The molecule has 1 N–H and O–H groups in total. The second-order valence-corrected chi connectivity index (χ2v) is 7.43. The van der Waals surface area contributed by atoms with Gasteiger partial charge in [-0.05, 0) is 29.8 Å². The summed E-state index contributed by atoms with van der Waals surface area (Å²) < 4.78 is 19.8. The maximum atomic E-state index is 15.0. The number of H-pyrrole nitrogens is 1. The Morgan fingerprint density at radius 2 is 1.82 bits per heavy atom. The first kappa shape index (κ1) is 20.3. The Hall–Kier alpha value is -4.59. The second-order valence-electron chi connectivity index (χ2n) is 7.43. The highest BCUT2D eigenvalue weighted by atomic mass is 19.1. The van der Waals surface area contributed by atoms with Crippen molar-refractivity contribution in [2.24, 2.45) is 0 Å². The van der Waals surface area contributed by atoms with E-state index in [-0.39, 0.29) is 5.69 Å². The molecule has 33 heavy (non-hydrogen) atoms. The number of nitro groups is 1. The number of fused-ring (bicyclic) bond motifs is 3. The van der Waals surface area contributed by atoms with Crippen LogP contribution in [0.1, 0.15) is 10.4 Å². The van der Waals surface area contributed by atoms with Crippen LogP contribution in [0.15, 0.2) is 72.9 Å². The van der Waals surface area contributed by atoms with Crippen LogP contribution >= 0.6 is 0 Å². The lowest BCUT2D eigenvalue weighted by Gasteiger charge is -2.13. The molecule has 0 saturated carbocycles. The summed E-state index contributed by atoms with van der Waals surface area (Å²) in [6, 6.07) is 17.5. The summed E-state index contributed by atoms with van der Waals surface area (Å²) in [5.41, 5.74) is 3.66. The van der Waals surface area contributed by atoms with Gasteiger partial charge in [-0.1, -0.05) is 30.3 Å². The van der Waals surface area contributed by atoms with Gasteiger partial charge in [0, 0.05) is 51.3 Å². The summed E-state index contributed by atoms with van der Waals surface area (Å²) in [5, 5.41) is 12.5. The fourth-order valence-electron chi connectivity index (χ4n) is 4.02. The van der Waals surface area contributed by atoms with Gasteiger partial charge in [0.1, 0.15) is 11.5 Å². The summed E-state index contributed by atoms with van der Waals surface area (Å²) >= 11 is 0. The highest BCUT2D eigenvalue weighted by Gasteiger charge is 2.21. The van der Waals surface area contributed by atoms with E-state index in [1.165, 1.54) is 25.3 Å². The lowest BCUT2D eigenvalue weighted by molar-refractivity contribution is -0.384. The zero-order chi connectivity index (χ0) is 23.1. The van der Waals surface area contributed by atoms with Crippen LogP contribution in [0.4, 0.5) is 10.1 Å². The summed E-state index contributed by atoms with van der Waals surface area (Å²) in [6.07, 6.45) is 1.63. The first-order valence-electron chi connectivity index (χ1n) is 10.0. The summed E-state index contributed by atoms with van der Waals surface area (Å²) in [5.74, 6) is -0.898. The van der Waals surface area contributed by atoms with Crippen molar-refractivity contribution in [2.45, 2.75) is 0 Å². The molecule has 0 spiro atoms. The van der Waals surface area contributed by atoms with E-state index in [4.69, 9.17) is 4.74 Å². The molecule has 0 amide bonds. The number of benzene rings is 3. The van der Waals surface area contributed by atoms with Crippen molar-refractivity contribution < 1.29 is 18.8 Å². The Labute approximate surface area is 186 Å². The highest BCUT2D eigenvalue weighted by Crippen LogP contribution is 2.42. The molecular formula is C25H16FN3O4. The standard InChI is InChI=1S/C25H16FN3O4/c1-33-25(30)15-8-6-14(7-9-15)19-13-27-24-23(22(19)17-4-2-3-5-20(17)26)18-12-16(29(31)32)10-11-21(18)28-24/h2-13H,1H3,(H,27,28). The van der Waals surface area contributed by atoms with Crippen LogP contribution in [0.25, 0.3) is 44.2 Å². The van der Waals surface area contributed by atoms with Gasteiger partial charge in [0.2, 0.25) is 0 Å². The molecule has 0 unspecified atom stereocenters. The first-order chi connectivity index (χ1) is 16.0. The molecule has 0 aliphatic rings. The minimum atomic E-state index is -0.468. The van der Waals surface area contributed by atoms with Crippen molar-refractivity contribution in [1.29, 1.82) is 0 Å². The molecule has 0 bridgehead atoms. The number of aromatic amines is 1. The predicted molar refractivity (Wildman–Crippen MR) is 122 cm³/mol. The van der Waals surface area contributed by atoms with Gasteiger partial charge in [0.05, 0.1) is 17.6 Å². The summed E-state index contributed by atoms with van der Waals surface area (Å²) in [4.78, 5) is 30.4. The topological polar surface area (TPSA) is 98.1 Å². The maximum Gasteiger partial charge on any atom is 0.337 e. The van der Waals surface area contributed by atoms with Crippen LogP contribution in [0.2, 0.25) is 0 Å². The number of hydrogen-bond acceptors (Lipinski definition) is 5. The lowest BCUT2D eigenvalue weighted by atomic mass is 9.92. The van der Waals surface area contributed by atoms with Crippen LogP contribution in [0, 0.1) is 15.9 Å². The number of methoxy groups -OCH3 is 1. The Bertz CT molecular complexity index is 1560. The molecule has 0 atom stereocenters. The molecule has 5 rings (SSSR count). The molecule has 2 heterocycles. The lowest BCUT2D eigenvalue weighted by Crippen LogP contribution is -2.00. The largest absolute Gasteiger partial charge is 0.465 e. The van der Waals surface area contributed by atoms with Crippen molar-refractivity contribution in [2.75, 3.05) is 7.11 Å². The number of aromatic nitrogens is 2. The Kier molecular flexibility index (Phi) is 4.82. The third kappa shape index (κ3) is 3.38. The number of pyridine rings is 1. The van der Waals surface area contributed by atoms with Gasteiger partial charge in [-0.3, -0.25) is 10.1 Å². The Balaban J connectivity index is 1.86. The number of carbonyl (C=O) groups is 1. The molecule has 0 saturated heterocycles. The molecule has 0 fully saturated rings. The molecule has 162 valence electrons. The number of nitrogens with one attached hydrogen (secondary N) is 1. The third-order valence-electron chi connectivity index (χ3n) is 5.58. The highest BCUT2D eigenvalue weighted by molar-refractivity contribution is 6.16. The fourth-order valence-corrected chi connectivity index (χ4v) is 4.02. The molecule has 2 aromatic heterocycles. The summed E-state index contributed by atoms with van der Waals surface area (Å²) in [7, 11) is 1.31. The van der Waals surface area contributed by atoms with E-state index in [9.17, 15) is 14.9 Å². The van der Waals surface area contributed by atoms with E-state index < -0.39 is 16.7 Å². The molecule has 7 nitrogen and oxygen atoms in total. The van der Waals surface area contributed by atoms with E-state index in [2.05, 4.69) is 9.97 Å². The first-order valence-corrected chi connectivity index (χ1v) is 10.0. The van der Waals surface area contributed by atoms with Crippen LogP contribution in [0.5, 0.6) is 0 Å². The molecular weight excluding hydrogens is 425 g/mol. The van der Waals surface area contributed by atoms with Crippen LogP contribution in [-0.2, 0) is 4.74 Å². The van der Waals surface area contributed by atoms with Crippen LogP contribution in [0.3, 0.4) is 0 Å². The van der Waals surface area contributed by atoms with Gasteiger partial charge in [-0.25, -0.2) is 14.2 Å². The molecule has 8 heteroatoms. The molecule has 0 aliphatic carbocycles. The van der Waals surface area contributed by atoms with Crippen molar-refractivity contribution >= 4 is 33.6 Å².